The molecule has 3 rings (SSSR count). The van der Waals surface area contributed by atoms with Crippen LogP contribution in [-0.2, 0) is 29.7 Å². The highest BCUT2D eigenvalue weighted by atomic mass is 31.2. The van der Waals surface area contributed by atoms with Crippen molar-refractivity contribution in [2.45, 2.75) is 52.4 Å². The molecule has 0 saturated carbocycles. The third kappa shape index (κ3) is 8.82. The predicted molar refractivity (Wildman–Crippen MR) is 151 cm³/mol. The number of anilines is 1. The first kappa shape index (κ1) is 30.2. The zero-order chi connectivity index (χ0) is 28.4. The minimum atomic E-state index is -1.64. The van der Waals surface area contributed by atoms with Gasteiger partial charge in [-0.2, -0.15) is 0 Å². The minimum Gasteiger partial charge on any atom is -0.467 e. The van der Waals surface area contributed by atoms with Gasteiger partial charge in [0, 0.05) is 12.0 Å². The average Bonchev–Trinajstić information content (AvgIpc) is 2.91. The Labute approximate surface area is 231 Å². The normalized spacial score (nSPS) is 12.2. The summed E-state index contributed by atoms with van der Waals surface area (Å²) in [7, 11) is -0.325. The summed E-state index contributed by atoms with van der Waals surface area (Å²) in [6.45, 7) is 9.89. The standard InChI is InChI=1S/C29H36N3O6P/c1-7-36-39(37-8-2)26(28(34)35-6)32-25-23(17-20-13-10-9-11-14-20)31-24(19-30-25)21-15-12-16-22(18-21)27(33)38-29(3,4)5/h9-16,18-19,26H,7-8,17H2,1-6H3,(H,30,32). The second kappa shape index (κ2) is 14.1. The highest BCUT2D eigenvalue weighted by Crippen LogP contribution is 2.44. The molecule has 10 heteroatoms. The van der Waals surface area contributed by atoms with Crippen molar-refractivity contribution in [3.63, 3.8) is 0 Å². The zero-order valence-corrected chi connectivity index (χ0v) is 24.2. The van der Waals surface area contributed by atoms with Crippen LogP contribution >= 0.6 is 8.38 Å². The van der Waals surface area contributed by atoms with E-state index < -0.39 is 31.7 Å². The Morgan fingerprint density at radius 1 is 1.00 bits per heavy atom. The van der Waals surface area contributed by atoms with E-state index in [0.717, 1.165) is 5.56 Å². The van der Waals surface area contributed by atoms with Crippen molar-refractivity contribution in [2.24, 2.45) is 0 Å². The van der Waals surface area contributed by atoms with Gasteiger partial charge in [-0.25, -0.2) is 19.6 Å². The number of hydrogen-bond acceptors (Lipinski definition) is 9. The molecule has 208 valence electrons. The fourth-order valence-electron chi connectivity index (χ4n) is 3.62. The molecule has 1 unspecified atom stereocenters. The van der Waals surface area contributed by atoms with Gasteiger partial charge < -0.3 is 23.8 Å². The van der Waals surface area contributed by atoms with E-state index in [1.807, 2.05) is 71.0 Å². The molecular weight excluding hydrogens is 517 g/mol. The SMILES string of the molecule is CCOP(OCC)C(Nc1ncc(-c2cccc(C(=O)OC(C)(C)C)c2)nc1Cc1ccccc1)C(=O)OC. The molecule has 0 radical (unpaired) electrons. The number of methoxy groups -OCH3 is 1. The van der Waals surface area contributed by atoms with E-state index in [4.69, 9.17) is 23.5 Å². The van der Waals surface area contributed by atoms with Crippen LogP contribution in [0.1, 0.15) is 56.2 Å². The number of hydrogen-bond donors (Lipinski definition) is 1. The second-order valence-electron chi connectivity index (χ2n) is 9.49. The molecule has 2 aromatic carbocycles. The number of nitrogens with zero attached hydrogens (tertiary/aromatic N) is 2. The van der Waals surface area contributed by atoms with Crippen LogP contribution < -0.4 is 5.32 Å². The van der Waals surface area contributed by atoms with Crippen molar-refractivity contribution < 1.29 is 28.1 Å². The number of aromatic nitrogens is 2. The van der Waals surface area contributed by atoms with E-state index in [0.29, 0.717) is 48.0 Å². The molecule has 0 amide bonds. The molecule has 9 nitrogen and oxygen atoms in total. The monoisotopic (exact) mass is 553 g/mol. The summed E-state index contributed by atoms with van der Waals surface area (Å²) < 4.78 is 22.1. The largest absolute Gasteiger partial charge is 0.467 e. The van der Waals surface area contributed by atoms with Gasteiger partial charge >= 0.3 is 11.9 Å². The van der Waals surface area contributed by atoms with Gasteiger partial charge in [-0.15, -0.1) is 0 Å². The molecule has 39 heavy (non-hydrogen) atoms. The van der Waals surface area contributed by atoms with Crippen LogP contribution in [0.2, 0.25) is 0 Å². The van der Waals surface area contributed by atoms with Gasteiger partial charge in [-0.3, -0.25) is 0 Å². The van der Waals surface area contributed by atoms with Crippen LogP contribution in [-0.4, -0.2) is 53.6 Å². The highest BCUT2D eigenvalue weighted by molar-refractivity contribution is 7.49. The van der Waals surface area contributed by atoms with Crippen LogP contribution in [0.5, 0.6) is 0 Å². The number of carbonyl (C=O) groups is 2. The minimum absolute atomic E-state index is 0.371. The topological polar surface area (TPSA) is 109 Å². The first-order valence-corrected chi connectivity index (χ1v) is 14.0. The van der Waals surface area contributed by atoms with E-state index >= 15 is 0 Å². The molecule has 1 N–H and O–H groups in total. The summed E-state index contributed by atoms with van der Waals surface area (Å²) >= 11 is 0. The van der Waals surface area contributed by atoms with Gasteiger partial charge in [0.2, 0.25) is 8.38 Å². The maximum atomic E-state index is 12.7. The molecule has 0 saturated heterocycles. The summed E-state index contributed by atoms with van der Waals surface area (Å²) in [4.78, 5) is 34.9. The van der Waals surface area contributed by atoms with Gasteiger partial charge in [0.1, 0.15) is 11.4 Å². The maximum absolute atomic E-state index is 12.7. The number of benzene rings is 2. The quantitative estimate of drug-likeness (QED) is 0.214. The molecule has 1 atom stereocenters. The van der Waals surface area contributed by atoms with Gasteiger partial charge in [-0.1, -0.05) is 42.5 Å². The number of carbonyl (C=O) groups excluding carboxylic acids is 2. The molecule has 1 aromatic heterocycles. The summed E-state index contributed by atoms with van der Waals surface area (Å²) in [5.41, 5.74) is 2.72. The van der Waals surface area contributed by atoms with E-state index in [1.54, 1.807) is 24.4 Å². The first-order valence-electron chi connectivity index (χ1n) is 12.8. The summed E-state index contributed by atoms with van der Waals surface area (Å²) in [6, 6.07) is 16.9. The average molecular weight is 554 g/mol. The summed E-state index contributed by atoms with van der Waals surface area (Å²) in [5, 5.41) is 3.18. The Hall–Kier alpha value is -3.39. The molecular formula is C29H36N3O6P. The van der Waals surface area contributed by atoms with Crippen molar-refractivity contribution >= 4 is 26.1 Å². The lowest BCUT2D eigenvalue weighted by Crippen LogP contribution is -2.31. The van der Waals surface area contributed by atoms with Crippen LogP contribution in [0.3, 0.4) is 0 Å². The van der Waals surface area contributed by atoms with E-state index in [-0.39, 0.29) is 0 Å². The lowest BCUT2D eigenvalue weighted by molar-refractivity contribution is -0.139. The van der Waals surface area contributed by atoms with Crippen molar-refractivity contribution in [3.05, 3.63) is 77.6 Å². The lowest BCUT2D eigenvalue weighted by Gasteiger charge is -2.25. The number of rotatable bonds is 12. The van der Waals surface area contributed by atoms with Crippen molar-refractivity contribution in [1.29, 1.82) is 0 Å². The van der Waals surface area contributed by atoms with E-state index in [2.05, 4.69) is 10.3 Å². The third-order valence-electron chi connectivity index (χ3n) is 5.27. The molecule has 0 aliphatic carbocycles. The smallest absolute Gasteiger partial charge is 0.338 e. The summed E-state index contributed by atoms with van der Waals surface area (Å²) in [5.74, 6) is -1.44. The Bertz CT molecular complexity index is 1240. The molecule has 0 bridgehead atoms. The Kier molecular flexibility index (Phi) is 10.9. The second-order valence-corrected chi connectivity index (χ2v) is 11.1. The number of nitrogens with one attached hydrogen (secondary N) is 1. The maximum Gasteiger partial charge on any atom is 0.338 e. The molecule has 0 fully saturated rings. The molecule has 0 aliphatic heterocycles. The van der Waals surface area contributed by atoms with Crippen molar-refractivity contribution in [2.75, 3.05) is 25.6 Å². The van der Waals surface area contributed by atoms with Crippen LogP contribution in [0, 0.1) is 0 Å². The van der Waals surface area contributed by atoms with Crippen LogP contribution in [0.4, 0.5) is 5.82 Å². The zero-order valence-electron chi connectivity index (χ0n) is 23.3. The Morgan fingerprint density at radius 2 is 1.69 bits per heavy atom. The van der Waals surface area contributed by atoms with Gasteiger partial charge in [0.25, 0.3) is 0 Å². The summed E-state index contributed by atoms with van der Waals surface area (Å²) in [6.07, 6.45) is 2.05. The Balaban J connectivity index is 2.02. The molecule has 0 aliphatic rings. The molecule has 1 heterocycles. The number of ether oxygens (including phenoxy) is 2. The predicted octanol–water partition coefficient (Wildman–Crippen LogP) is 5.99. The molecule has 3 aromatic rings. The van der Waals surface area contributed by atoms with Crippen LogP contribution in [0.15, 0.2) is 60.8 Å². The van der Waals surface area contributed by atoms with Crippen molar-refractivity contribution in [3.8, 4) is 11.3 Å². The van der Waals surface area contributed by atoms with Crippen molar-refractivity contribution in [1.82, 2.24) is 9.97 Å². The van der Waals surface area contributed by atoms with Gasteiger partial charge in [-0.05, 0) is 52.3 Å². The Morgan fingerprint density at radius 3 is 2.31 bits per heavy atom. The van der Waals surface area contributed by atoms with E-state index in [1.165, 1.54) is 7.11 Å². The molecule has 0 spiro atoms. The van der Waals surface area contributed by atoms with E-state index in [9.17, 15) is 9.59 Å². The van der Waals surface area contributed by atoms with Crippen LogP contribution in [0.25, 0.3) is 11.3 Å². The van der Waals surface area contributed by atoms with Gasteiger partial charge in [0.05, 0.1) is 43.5 Å². The highest BCUT2D eigenvalue weighted by Gasteiger charge is 2.33. The number of esters is 2. The van der Waals surface area contributed by atoms with Gasteiger partial charge in [0.15, 0.2) is 5.78 Å². The third-order valence-corrected chi connectivity index (χ3v) is 7.06. The first-order chi connectivity index (χ1) is 18.6. The fourth-order valence-corrected chi connectivity index (χ4v) is 5.01. The fraction of sp³-hybridized carbons (Fsp3) is 0.379. The lowest BCUT2D eigenvalue weighted by atomic mass is 10.1.